The second kappa shape index (κ2) is 9.32. The van der Waals surface area contributed by atoms with Crippen molar-refractivity contribution in [3.63, 3.8) is 0 Å². The summed E-state index contributed by atoms with van der Waals surface area (Å²) in [4.78, 5) is 21.2. The van der Waals surface area contributed by atoms with Gasteiger partial charge in [-0.1, -0.05) is 0 Å². The van der Waals surface area contributed by atoms with Gasteiger partial charge in [-0.3, -0.25) is 9.59 Å². The lowest BCUT2D eigenvalue weighted by molar-refractivity contribution is -0.142. The molecular formula is C8H15ClO4. The molecule has 0 heterocycles. The number of hydrogen-bond acceptors (Lipinski definition) is 4. The maximum absolute atomic E-state index is 10.6. The number of unbranched alkanes of at least 4 members (excludes halogenated alkanes) is 1. The van der Waals surface area contributed by atoms with E-state index in [4.69, 9.17) is 0 Å². The van der Waals surface area contributed by atoms with Crippen molar-refractivity contribution in [1.29, 1.82) is 0 Å². The summed E-state index contributed by atoms with van der Waals surface area (Å²) in [6, 6.07) is 0. The quantitative estimate of drug-likeness (QED) is 0.507. The Labute approximate surface area is 84.0 Å². The third-order valence-electron chi connectivity index (χ3n) is 1.47. The standard InChI is InChI=1S/C8H14O4.ClH/c1-11-7(9)5-3-4-6-8(10)12-2;/h3-6H2,1-2H3;1H. The monoisotopic (exact) mass is 210 g/mol. The molecule has 0 fully saturated rings. The predicted molar refractivity (Wildman–Crippen MR) is 49.7 cm³/mol. The van der Waals surface area contributed by atoms with Crippen molar-refractivity contribution in [3.8, 4) is 0 Å². The maximum Gasteiger partial charge on any atom is 0.305 e. The molecule has 0 saturated carbocycles. The summed E-state index contributed by atoms with van der Waals surface area (Å²) in [5.41, 5.74) is 0. The van der Waals surface area contributed by atoms with Crippen molar-refractivity contribution in [2.75, 3.05) is 14.2 Å². The minimum Gasteiger partial charge on any atom is -0.469 e. The Kier molecular flexibility index (Phi) is 10.6. The van der Waals surface area contributed by atoms with E-state index < -0.39 is 0 Å². The van der Waals surface area contributed by atoms with E-state index >= 15 is 0 Å². The molecule has 0 unspecified atom stereocenters. The molecule has 0 aliphatic carbocycles. The van der Waals surface area contributed by atoms with E-state index in [9.17, 15) is 9.59 Å². The number of rotatable bonds is 5. The van der Waals surface area contributed by atoms with Crippen LogP contribution in [-0.4, -0.2) is 26.2 Å². The molecule has 0 bridgehead atoms. The molecule has 0 aromatic heterocycles. The summed E-state index contributed by atoms with van der Waals surface area (Å²) in [5.74, 6) is -0.472. The van der Waals surface area contributed by atoms with Gasteiger partial charge in [-0.25, -0.2) is 0 Å². The molecular weight excluding hydrogens is 196 g/mol. The van der Waals surface area contributed by atoms with Gasteiger partial charge in [-0.15, -0.1) is 12.4 Å². The number of esters is 2. The van der Waals surface area contributed by atoms with E-state index in [1.165, 1.54) is 14.2 Å². The molecule has 0 amide bonds. The molecule has 0 radical (unpaired) electrons. The first-order valence-corrected chi connectivity index (χ1v) is 3.84. The molecule has 5 heteroatoms. The lowest BCUT2D eigenvalue weighted by atomic mass is 10.2. The molecule has 0 aliphatic heterocycles. The highest BCUT2D eigenvalue weighted by Gasteiger charge is 2.02. The second-order valence-corrected chi connectivity index (χ2v) is 2.36. The zero-order valence-electron chi connectivity index (χ0n) is 7.87. The molecule has 0 N–H and O–H groups in total. The van der Waals surface area contributed by atoms with Gasteiger partial charge in [0.25, 0.3) is 0 Å². The minimum absolute atomic E-state index is 0. The van der Waals surface area contributed by atoms with Crippen LogP contribution in [0, 0.1) is 0 Å². The molecule has 4 nitrogen and oxygen atoms in total. The minimum atomic E-state index is -0.236. The third kappa shape index (κ3) is 9.14. The van der Waals surface area contributed by atoms with Gasteiger partial charge in [0.2, 0.25) is 0 Å². The largest absolute Gasteiger partial charge is 0.469 e. The van der Waals surface area contributed by atoms with Crippen LogP contribution in [0.15, 0.2) is 0 Å². The first-order chi connectivity index (χ1) is 5.70. The van der Waals surface area contributed by atoms with E-state index in [2.05, 4.69) is 9.47 Å². The van der Waals surface area contributed by atoms with Gasteiger partial charge >= 0.3 is 11.9 Å². The molecule has 13 heavy (non-hydrogen) atoms. The number of ether oxygens (including phenoxy) is 2. The van der Waals surface area contributed by atoms with Crippen molar-refractivity contribution in [1.82, 2.24) is 0 Å². The van der Waals surface area contributed by atoms with Crippen LogP contribution in [0.3, 0.4) is 0 Å². The average molecular weight is 211 g/mol. The Balaban J connectivity index is 0. The van der Waals surface area contributed by atoms with Crippen LogP contribution in [0.2, 0.25) is 0 Å². The Bertz CT molecular complexity index is 140. The molecule has 78 valence electrons. The zero-order chi connectivity index (χ0) is 9.40. The van der Waals surface area contributed by atoms with Crippen LogP contribution < -0.4 is 0 Å². The summed E-state index contributed by atoms with van der Waals surface area (Å²) < 4.78 is 8.86. The van der Waals surface area contributed by atoms with Gasteiger partial charge in [0.05, 0.1) is 14.2 Å². The van der Waals surface area contributed by atoms with Crippen molar-refractivity contribution in [3.05, 3.63) is 0 Å². The number of methoxy groups -OCH3 is 2. The van der Waals surface area contributed by atoms with Gasteiger partial charge in [-0.2, -0.15) is 0 Å². The van der Waals surface area contributed by atoms with Crippen LogP contribution in [0.4, 0.5) is 0 Å². The Hall–Kier alpha value is -0.770. The molecule has 0 rings (SSSR count). The van der Waals surface area contributed by atoms with E-state index in [0.29, 0.717) is 25.7 Å². The molecule has 0 aromatic carbocycles. The Morgan fingerprint density at radius 3 is 1.46 bits per heavy atom. The fraction of sp³-hybridized carbons (Fsp3) is 0.750. The highest BCUT2D eigenvalue weighted by molar-refractivity contribution is 5.85. The topological polar surface area (TPSA) is 52.6 Å². The van der Waals surface area contributed by atoms with Gasteiger partial charge in [0.1, 0.15) is 0 Å². The first-order valence-electron chi connectivity index (χ1n) is 3.84. The highest BCUT2D eigenvalue weighted by Crippen LogP contribution is 2.01. The highest BCUT2D eigenvalue weighted by atomic mass is 35.5. The van der Waals surface area contributed by atoms with E-state index in [1.54, 1.807) is 0 Å². The van der Waals surface area contributed by atoms with Crippen molar-refractivity contribution >= 4 is 24.3 Å². The van der Waals surface area contributed by atoms with Gasteiger partial charge in [-0.05, 0) is 12.8 Å². The predicted octanol–water partition coefficient (Wildman–Crippen LogP) is 1.31. The maximum atomic E-state index is 10.6. The van der Waals surface area contributed by atoms with Crippen LogP contribution in [0.25, 0.3) is 0 Å². The second-order valence-electron chi connectivity index (χ2n) is 2.36. The van der Waals surface area contributed by atoms with E-state index in [-0.39, 0.29) is 24.3 Å². The van der Waals surface area contributed by atoms with Gasteiger partial charge < -0.3 is 9.47 Å². The lowest BCUT2D eigenvalue weighted by Crippen LogP contribution is -2.02. The Morgan fingerprint density at radius 2 is 1.23 bits per heavy atom. The fourth-order valence-corrected chi connectivity index (χ4v) is 0.743. The van der Waals surface area contributed by atoms with Crippen LogP contribution in [0.1, 0.15) is 25.7 Å². The fourth-order valence-electron chi connectivity index (χ4n) is 0.743. The number of carbonyl (C=O) groups is 2. The van der Waals surface area contributed by atoms with Crippen molar-refractivity contribution < 1.29 is 19.1 Å². The number of halogens is 1. The molecule has 0 aromatic rings. The van der Waals surface area contributed by atoms with E-state index in [1.807, 2.05) is 0 Å². The smallest absolute Gasteiger partial charge is 0.305 e. The summed E-state index contributed by atoms with van der Waals surface area (Å²) >= 11 is 0. The van der Waals surface area contributed by atoms with Crippen molar-refractivity contribution in [2.24, 2.45) is 0 Å². The summed E-state index contributed by atoms with van der Waals surface area (Å²) in [6.07, 6.45) is 2.07. The summed E-state index contributed by atoms with van der Waals surface area (Å²) in [6.45, 7) is 0. The third-order valence-corrected chi connectivity index (χ3v) is 1.47. The van der Waals surface area contributed by atoms with Crippen LogP contribution in [-0.2, 0) is 19.1 Å². The zero-order valence-corrected chi connectivity index (χ0v) is 8.69. The molecule has 0 aliphatic rings. The summed E-state index contributed by atoms with van der Waals surface area (Å²) in [5, 5.41) is 0. The summed E-state index contributed by atoms with van der Waals surface area (Å²) in [7, 11) is 2.70. The number of carbonyl (C=O) groups excluding carboxylic acids is 2. The van der Waals surface area contributed by atoms with Crippen molar-refractivity contribution in [2.45, 2.75) is 25.7 Å². The van der Waals surface area contributed by atoms with Crippen LogP contribution >= 0.6 is 12.4 Å². The lowest BCUT2D eigenvalue weighted by Gasteiger charge is -1.98. The SMILES string of the molecule is COC(=O)CCCCC(=O)OC.Cl. The normalized spacial score (nSPS) is 8.46. The van der Waals surface area contributed by atoms with Gasteiger partial charge in [0.15, 0.2) is 0 Å². The molecule has 0 spiro atoms. The first kappa shape index (κ1) is 14.7. The Morgan fingerprint density at radius 1 is 0.923 bits per heavy atom. The van der Waals surface area contributed by atoms with E-state index in [0.717, 1.165) is 0 Å². The number of hydrogen-bond donors (Lipinski definition) is 0. The molecule has 0 saturated heterocycles. The molecule has 0 atom stereocenters. The average Bonchev–Trinajstić information content (AvgIpc) is 2.11. The van der Waals surface area contributed by atoms with Crippen LogP contribution in [0.5, 0.6) is 0 Å². The van der Waals surface area contributed by atoms with Gasteiger partial charge in [0, 0.05) is 12.8 Å².